The van der Waals surface area contributed by atoms with Gasteiger partial charge in [0.1, 0.15) is 0 Å². The van der Waals surface area contributed by atoms with Gasteiger partial charge in [0.05, 0.1) is 12.8 Å². The predicted octanol–water partition coefficient (Wildman–Crippen LogP) is 3.00. The molecular weight excluding hydrogens is 234 g/mol. The molecule has 0 unspecified atom stereocenters. The summed E-state index contributed by atoms with van der Waals surface area (Å²) < 4.78 is 4.87. The SMILES string of the molecule is COC(=N)CCc1c(-c2ccsc2)n[nH]c1C. The second-order valence-corrected chi connectivity index (χ2v) is 4.60. The van der Waals surface area contributed by atoms with Crippen LogP contribution in [0.25, 0.3) is 11.3 Å². The lowest BCUT2D eigenvalue weighted by molar-refractivity contribution is 0.386. The van der Waals surface area contributed by atoms with E-state index in [4.69, 9.17) is 10.1 Å². The summed E-state index contributed by atoms with van der Waals surface area (Å²) in [5, 5.41) is 19.0. The van der Waals surface area contributed by atoms with Crippen molar-refractivity contribution in [2.24, 2.45) is 0 Å². The van der Waals surface area contributed by atoms with Gasteiger partial charge in [0.25, 0.3) is 0 Å². The molecule has 0 atom stereocenters. The summed E-state index contributed by atoms with van der Waals surface area (Å²) >= 11 is 1.66. The van der Waals surface area contributed by atoms with E-state index in [-0.39, 0.29) is 0 Å². The third-order valence-corrected chi connectivity index (χ3v) is 3.40. The molecule has 0 saturated heterocycles. The summed E-state index contributed by atoms with van der Waals surface area (Å²) in [5.41, 5.74) is 4.37. The fourth-order valence-corrected chi connectivity index (χ4v) is 2.38. The van der Waals surface area contributed by atoms with Crippen LogP contribution in [0.5, 0.6) is 0 Å². The van der Waals surface area contributed by atoms with Crippen LogP contribution in [-0.4, -0.2) is 23.2 Å². The first-order chi connectivity index (χ1) is 8.22. The number of rotatable bonds is 4. The number of ether oxygens (including phenoxy) is 1. The highest BCUT2D eigenvalue weighted by molar-refractivity contribution is 7.08. The molecule has 0 aliphatic carbocycles. The van der Waals surface area contributed by atoms with Gasteiger partial charge < -0.3 is 4.74 Å². The Hall–Kier alpha value is -1.62. The van der Waals surface area contributed by atoms with Gasteiger partial charge in [0, 0.05) is 28.6 Å². The minimum absolute atomic E-state index is 0.307. The maximum Gasteiger partial charge on any atom is 0.180 e. The summed E-state index contributed by atoms with van der Waals surface area (Å²) in [6.07, 6.45) is 1.38. The van der Waals surface area contributed by atoms with Crippen LogP contribution >= 0.6 is 11.3 Å². The molecule has 0 aromatic carbocycles. The van der Waals surface area contributed by atoms with Crippen LogP contribution in [-0.2, 0) is 11.2 Å². The van der Waals surface area contributed by atoms with Crippen LogP contribution in [0.15, 0.2) is 16.8 Å². The fraction of sp³-hybridized carbons (Fsp3) is 0.333. The van der Waals surface area contributed by atoms with Gasteiger partial charge in [-0.05, 0) is 24.8 Å². The van der Waals surface area contributed by atoms with Crippen molar-refractivity contribution in [3.05, 3.63) is 28.1 Å². The number of H-pyrrole nitrogens is 1. The normalized spacial score (nSPS) is 10.5. The zero-order valence-corrected chi connectivity index (χ0v) is 10.7. The second-order valence-electron chi connectivity index (χ2n) is 3.82. The topological polar surface area (TPSA) is 61.8 Å². The molecule has 0 aliphatic heterocycles. The van der Waals surface area contributed by atoms with Gasteiger partial charge in [-0.2, -0.15) is 16.4 Å². The Balaban J connectivity index is 2.21. The van der Waals surface area contributed by atoms with Crippen molar-refractivity contribution >= 4 is 17.2 Å². The summed E-state index contributed by atoms with van der Waals surface area (Å²) in [6, 6.07) is 2.06. The minimum Gasteiger partial charge on any atom is -0.484 e. The molecule has 5 heteroatoms. The van der Waals surface area contributed by atoms with Gasteiger partial charge in [0.2, 0.25) is 0 Å². The molecule has 0 bridgehead atoms. The average molecular weight is 249 g/mol. The van der Waals surface area contributed by atoms with E-state index in [1.807, 2.05) is 12.3 Å². The lowest BCUT2D eigenvalue weighted by atomic mass is 10.0. The van der Waals surface area contributed by atoms with Crippen LogP contribution in [0.4, 0.5) is 0 Å². The second kappa shape index (κ2) is 5.14. The van der Waals surface area contributed by atoms with Crippen molar-refractivity contribution < 1.29 is 4.74 Å². The van der Waals surface area contributed by atoms with Crippen molar-refractivity contribution in [1.29, 1.82) is 5.41 Å². The molecule has 0 fully saturated rings. The number of thiophene rings is 1. The molecule has 17 heavy (non-hydrogen) atoms. The molecule has 2 heterocycles. The van der Waals surface area contributed by atoms with Crippen LogP contribution < -0.4 is 0 Å². The Labute approximate surface area is 104 Å². The number of aromatic nitrogens is 2. The lowest BCUT2D eigenvalue weighted by Crippen LogP contribution is -2.01. The van der Waals surface area contributed by atoms with Gasteiger partial charge >= 0.3 is 0 Å². The number of aromatic amines is 1. The Kier molecular flexibility index (Phi) is 3.58. The summed E-state index contributed by atoms with van der Waals surface area (Å²) in [6.45, 7) is 2.01. The monoisotopic (exact) mass is 249 g/mol. The van der Waals surface area contributed by atoms with Crippen molar-refractivity contribution in [3.63, 3.8) is 0 Å². The zero-order valence-electron chi connectivity index (χ0n) is 9.91. The molecule has 0 spiro atoms. The Bertz CT molecular complexity index is 502. The zero-order chi connectivity index (χ0) is 12.3. The molecule has 0 saturated carbocycles. The van der Waals surface area contributed by atoms with E-state index in [2.05, 4.69) is 21.6 Å². The number of hydrogen-bond acceptors (Lipinski definition) is 4. The van der Waals surface area contributed by atoms with E-state index in [9.17, 15) is 0 Å². The van der Waals surface area contributed by atoms with Crippen LogP contribution in [0.1, 0.15) is 17.7 Å². The van der Waals surface area contributed by atoms with E-state index in [1.165, 1.54) is 12.7 Å². The summed E-state index contributed by atoms with van der Waals surface area (Å²) in [4.78, 5) is 0. The number of nitrogens with one attached hydrogen (secondary N) is 2. The standard InChI is InChI=1S/C12H15N3OS/c1-8-10(3-4-11(13)16-2)12(15-14-8)9-5-6-17-7-9/h5-7,13H,3-4H2,1-2H3,(H,14,15). The molecule has 0 amide bonds. The van der Waals surface area contributed by atoms with Crippen molar-refractivity contribution in [2.45, 2.75) is 19.8 Å². The third kappa shape index (κ3) is 2.55. The Morgan fingerprint density at radius 1 is 1.59 bits per heavy atom. The van der Waals surface area contributed by atoms with Gasteiger partial charge in [-0.15, -0.1) is 0 Å². The van der Waals surface area contributed by atoms with Crippen molar-refractivity contribution in [3.8, 4) is 11.3 Å². The molecule has 0 radical (unpaired) electrons. The van der Waals surface area contributed by atoms with E-state index >= 15 is 0 Å². The average Bonchev–Trinajstić information content (AvgIpc) is 2.95. The molecule has 4 nitrogen and oxygen atoms in total. The lowest BCUT2D eigenvalue weighted by Gasteiger charge is -2.03. The maximum atomic E-state index is 7.50. The predicted molar refractivity (Wildman–Crippen MR) is 69.7 cm³/mol. The molecule has 2 aromatic heterocycles. The molecule has 2 rings (SSSR count). The molecular formula is C12H15N3OS. The number of hydrogen-bond donors (Lipinski definition) is 2. The molecule has 0 aliphatic rings. The summed E-state index contributed by atoms with van der Waals surface area (Å²) in [5.74, 6) is 0.307. The van der Waals surface area contributed by atoms with Gasteiger partial charge in [-0.25, -0.2) is 0 Å². The highest BCUT2D eigenvalue weighted by Gasteiger charge is 2.13. The van der Waals surface area contributed by atoms with Gasteiger partial charge in [-0.1, -0.05) is 0 Å². The van der Waals surface area contributed by atoms with E-state index in [0.717, 1.165) is 23.4 Å². The molecule has 90 valence electrons. The first-order valence-electron chi connectivity index (χ1n) is 5.40. The summed E-state index contributed by atoms with van der Waals surface area (Å²) in [7, 11) is 1.53. The van der Waals surface area contributed by atoms with Gasteiger partial charge in [0.15, 0.2) is 5.90 Å². The quantitative estimate of drug-likeness (QED) is 0.646. The largest absolute Gasteiger partial charge is 0.484 e. The van der Waals surface area contributed by atoms with E-state index in [0.29, 0.717) is 12.3 Å². The first-order valence-corrected chi connectivity index (χ1v) is 6.34. The Morgan fingerprint density at radius 2 is 2.41 bits per heavy atom. The van der Waals surface area contributed by atoms with Crippen LogP contribution in [0.3, 0.4) is 0 Å². The van der Waals surface area contributed by atoms with Crippen molar-refractivity contribution in [2.75, 3.05) is 7.11 Å². The number of methoxy groups -OCH3 is 1. The molecule has 2 aromatic rings. The van der Waals surface area contributed by atoms with E-state index in [1.54, 1.807) is 11.3 Å². The maximum absolute atomic E-state index is 7.50. The smallest absolute Gasteiger partial charge is 0.180 e. The highest BCUT2D eigenvalue weighted by atomic mass is 32.1. The first kappa shape index (κ1) is 11.9. The Morgan fingerprint density at radius 3 is 3.06 bits per heavy atom. The van der Waals surface area contributed by atoms with Crippen molar-refractivity contribution in [1.82, 2.24) is 10.2 Å². The van der Waals surface area contributed by atoms with Gasteiger partial charge in [-0.3, -0.25) is 10.5 Å². The highest BCUT2D eigenvalue weighted by Crippen LogP contribution is 2.26. The van der Waals surface area contributed by atoms with E-state index < -0.39 is 0 Å². The molecule has 2 N–H and O–H groups in total. The van der Waals surface area contributed by atoms with Crippen LogP contribution in [0, 0.1) is 12.3 Å². The van der Waals surface area contributed by atoms with Crippen LogP contribution in [0.2, 0.25) is 0 Å². The number of aryl methyl sites for hydroxylation is 1. The fourth-order valence-electron chi connectivity index (χ4n) is 1.74. The number of nitrogens with zero attached hydrogens (tertiary/aromatic N) is 1. The minimum atomic E-state index is 0.307. The third-order valence-electron chi connectivity index (χ3n) is 2.72.